The van der Waals surface area contributed by atoms with Gasteiger partial charge in [0.25, 0.3) is 0 Å². The molecule has 19 heavy (non-hydrogen) atoms. The van der Waals surface area contributed by atoms with Gasteiger partial charge >= 0.3 is 0 Å². The summed E-state index contributed by atoms with van der Waals surface area (Å²) in [4.78, 5) is 0. The van der Waals surface area contributed by atoms with Crippen LogP contribution in [-0.4, -0.2) is 6.54 Å². The zero-order chi connectivity index (χ0) is 13.7. The Kier molecular flexibility index (Phi) is 5.00. The molecule has 2 aromatic carbocycles. The zero-order valence-corrected chi connectivity index (χ0v) is 12.6. The number of halogens is 1. The van der Waals surface area contributed by atoms with Crippen LogP contribution in [-0.2, 0) is 6.42 Å². The normalized spacial score (nSPS) is 12.2. The molecule has 0 aromatic heterocycles. The number of aryl methyl sites for hydroxylation is 1. The Hall–Kier alpha value is -1.32. The van der Waals surface area contributed by atoms with E-state index in [2.05, 4.69) is 35.0 Å². The van der Waals surface area contributed by atoms with Gasteiger partial charge in [0.1, 0.15) is 11.9 Å². The fourth-order valence-electron chi connectivity index (χ4n) is 1.98. The zero-order valence-electron chi connectivity index (χ0n) is 11.0. The van der Waals surface area contributed by atoms with Crippen LogP contribution in [0.25, 0.3) is 0 Å². The number of hydrogen-bond donors (Lipinski definition) is 1. The van der Waals surface area contributed by atoms with E-state index in [1.807, 2.05) is 36.4 Å². The van der Waals surface area contributed by atoms with Crippen LogP contribution in [0.5, 0.6) is 5.75 Å². The van der Waals surface area contributed by atoms with E-state index < -0.39 is 0 Å². The van der Waals surface area contributed by atoms with E-state index in [1.54, 1.807) is 0 Å². The van der Waals surface area contributed by atoms with Gasteiger partial charge in [-0.25, -0.2) is 0 Å². The minimum atomic E-state index is -0.136. The third kappa shape index (κ3) is 3.58. The number of rotatable bonds is 5. The second kappa shape index (κ2) is 6.73. The molecule has 0 saturated heterocycles. The quantitative estimate of drug-likeness (QED) is 0.900. The van der Waals surface area contributed by atoms with Crippen molar-refractivity contribution in [1.29, 1.82) is 0 Å². The smallest absolute Gasteiger partial charge is 0.137 e. The molecule has 2 N–H and O–H groups in total. The summed E-state index contributed by atoms with van der Waals surface area (Å²) in [5.41, 5.74) is 8.19. The molecule has 1 atom stereocenters. The van der Waals surface area contributed by atoms with Gasteiger partial charge in [-0.3, -0.25) is 0 Å². The van der Waals surface area contributed by atoms with E-state index in [-0.39, 0.29) is 6.10 Å². The lowest BCUT2D eigenvalue weighted by molar-refractivity contribution is 0.213. The Morgan fingerprint density at radius 3 is 2.63 bits per heavy atom. The van der Waals surface area contributed by atoms with Crippen molar-refractivity contribution in [2.24, 2.45) is 5.73 Å². The number of benzene rings is 2. The summed E-state index contributed by atoms with van der Waals surface area (Å²) in [5.74, 6) is 0.866. The van der Waals surface area contributed by atoms with Crippen molar-refractivity contribution >= 4 is 15.9 Å². The third-order valence-electron chi connectivity index (χ3n) is 3.05. The lowest BCUT2D eigenvalue weighted by Gasteiger charge is -2.19. The minimum absolute atomic E-state index is 0.136. The highest BCUT2D eigenvalue weighted by Gasteiger charge is 2.14. The highest BCUT2D eigenvalue weighted by molar-refractivity contribution is 9.10. The first-order valence-electron chi connectivity index (χ1n) is 6.44. The van der Waals surface area contributed by atoms with Gasteiger partial charge in [0.05, 0.1) is 0 Å². The average Bonchev–Trinajstić information content (AvgIpc) is 2.46. The van der Waals surface area contributed by atoms with Crippen LogP contribution < -0.4 is 10.5 Å². The van der Waals surface area contributed by atoms with Crippen LogP contribution >= 0.6 is 15.9 Å². The van der Waals surface area contributed by atoms with E-state index in [9.17, 15) is 0 Å². The number of hydrogen-bond acceptors (Lipinski definition) is 2. The van der Waals surface area contributed by atoms with Crippen molar-refractivity contribution in [1.82, 2.24) is 0 Å². The first kappa shape index (κ1) is 14.1. The molecule has 0 amide bonds. The maximum Gasteiger partial charge on any atom is 0.137 e. The maximum absolute atomic E-state index is 6.02. The second-order valence-electron chi connectivity index (χ2n) is 4.36. The summed E-state index contributed by atoms with van der Waals surface area (Å²) >= 11 is 3.54. The largest absolute Gasteiger partial charge is 0.484 e. The molecule has 0 fully saturated rings. The molecular formula is C16H18BrNO. The second-order valence-corrected chi connectivity index (χ2v) is 5.22. The van der Waals surface area contributed by atoms with Gasteiger partial charge < -0.3 is 10.5 Å². The molecule has 0 heterocycles. The van der Waals surface area contributed by atoms with Gasteiger partial charge in [-0.05, 0) is 30.2 Å². The summed E-state index contributed by atoms with van der Waals surface area (Å²) < 4.78 is 7.04. The van der Waals surface area contributed by atoms with Gasteiger partial charge in [-0.2, -0.15) is 0 Å². The van der Waals surface area contributed by atoms with Gasteiger partial charge in [-0.1, -0.05) is 53.2 Å². The molecule has 0 aliphatic rings. The van der Waals surface area contributed by atoms with Crippen molar-refractivity contribution in [2.75, 3.05) is 6.54 Å². The van der Waals surface area contributed by atoms with E-state index in [4.69, 9.17) is 10.5 Å². The Morgan fingerprint density at radius 2 is 1.95 bits per heavy atom. The SMILES string of the molecule is CCc1cccc(OC(CN)c2ccccc2Br)c1. The molecular weight excluding hydrogens is 302 g/mol. The van der Waals surface area contributed by atoms with Crippen molar-refractivity contribution in [2.45, 2.75) is 19.4 Å². The van der Waals surface area contributed by atoms with Gasteiger partial charge in [0, 0.05) is 16.6 Å². The molecule has 1 unspecified atom stereocenters. The van der Waals surface area contributed by atoms with E-state index in [0.717, 1.165) is 22.2 Å². The third-order valence-corrected chi connectivity index (χ3v) is 3.77. The monoisotopic (exact) mass is 319 g/mol. The van der Waals surface area contributed by atoms with Gasteiger partial charge in [0.2, 0.25) is 0 Å². The van der Waals surface area contributed by atoms with E-state index in [1.165, 1.54) is 5.56 Å². The fraction of sp³-hybridized carbons (Fsp3) is 0.250. The Balaban J connectivity index is 2.21. The lowest BCUT2D eigenvalue weighted by atomic mass is 10.1. The average molecular weight is 320 g/mol. The molecule has 0 aliphatic heterocycles. The van der Waals surface area contributed by atoms with Gasteiger partial charge in [-0.15, -0.1) is 0 Å². The summed E-state index contributed by atoms with van der Waals surface area (Å²) in [6.45, 7) is 2.58. The standard InChI is InChI=1S/C16H18BrNO/c1-2-12-6-5-7-13(10-12)19-16(11-18)14-8-3-4-9-15(14)17/h3-10,16H,2,11,18H2,1H3. The van der Waals surface area contributed by atoms with Crippen LogP contribution in [0.3, 0.4) is 0 Å². The Bertz CT molecular complexity index is 542. The van der Waals surface area contributed by atoms with Crippen LogP contribution in [0.2, 0.25) is 0 Å². The number of ether oxygens (including phenoxy) is 1. The summed E-state index contributed by atoms with van der Waals surface area (Å²) in [6, 6.07) is 16.2. The molecule has 0 saturated carbocycles. The Labute approximate surface area is 122 Å². The summed E-state index contributed by atoms with van der Waals surface area (Å²) in [7, 11) is 0. The van der Waals surface area contributed by atoms with Crippen LogP contribution in [0.15, 0.2) is 53.0 Å². The molecule has 100 valence electrons. The number of nitrogens with two attached hydrogens (primary N) is 1. The molecule has 2 rings (SSSR count). The predicted octanol–water partition coefficient (Wildman–Crippen LogP) is 4.09. The van der Waals surface area contributed by atoms with Crippen LogP contribution in [0.1, 0.15) is 24.2 Å². The van der Waals surface area contributed by atoms with Gasteiger partial charge in [0.15, 0.2) is 0 Å². The lowest BCUT2D eigenvalue weighted by Crippen LogP contribution is -2.18. The highest BCUT2D eigenvalue weighted by Crippen LogP contribution is 2.27. The molecule has 0 radical (unpaired) electrons. The van der Waals surface area contributed by atoms with Crippen molar-refractivity contribution in [3.63, 3.8) is 0 Å². The molecule has 2 aromatic rings. The highest BCUT2D eigenvalue weighted by atomic mass is 79.9. The van der Waals surface area contributed by atoms with Crippen LogP contribution in [0.4, 0.5) is 0 Å². The first-order chi connectivity index (χ1) is 9.24. The van der Waals surface area contributed by atoms with E-state index >= 15 is 0 Å². The molecule has 0 spiro atoms. The topological polar surface area (TPSA) is 35.2 Å². The van der Waals surface area contributed by atoms with Crippen molar-refractivity contribution < 1.29 is 4.74 Å². The predicted molar refractivity (Wildman–Crippen MR) is 82.4 cm³/mol. The molecule has 2 nitrogen and oxygen atoms in total. The van der Waals surface area contributed by atoms with Crippen molar-refractivity contribution in [3.05, 3.63) is 64.1 Å². The van der Waals surface area contributed by atoms with Crippen LogP contribution in [0, 0.1) is 0 Å². The summed E-state index contributed by atoms with van der Waals surface area (Å²) in [6.07, 6.45) is 0.863. The molecule has 0 bridgehead atoms. The fourth-order valence-corrected chi connectivity index (χ4v) is 2.52. The van der Waals surface area contributed by atoms with E-state index in [0.29, 0.717) is 6.54 Å². The summed E-state index contributed by atoms with van der Waals surface area (Å²) in [5, 5.41) is 0. The van der Waals surface area contributed by atoms with Crippen molar-refractivity contribution in [3.8, 4) is 5.75 Å². The first-order valence-corrected chi connectivity index (χ1v) is 7.24. The maximum atomic E-state index is 6.02. The minimum Gasteiger partial charge on any atom is -0.484 e. The Morgan fingerprint density at radius 1 is 1.16 bits per heavy atom. The molecule has 0 aliphatic carbocycles. The molecule has 3 heteroatoms.